The van der Waals surface area contributed by atoms with Crippen LogP contribution in [0.2, 0.25) is 0 Å². The van der Waals surface area contributed by atoms with E-state index in [-0.39, 0.29) is 5.76 Å². The molecule has 1 aromatic carbocycles. The van der Waals surface area contributed by atoms with E-state index >= 15 is 0 Å². The molecule has 0 saturated carbocycles. The van der Waals surface area contributed by atoms with E-state index in [1.807, 2.05) is 13.0 Å². The molecule has 0 fully saturated rings. The van der Waals surface area contributed by atoms with Crippen LogP contribution in [0.1, 0.15) is 42.0 Å². The maximum Gasteiger partial charge on any atom is 0.116 e. The van der Waals surface area contributed by atoms with Crippen molar-refractivity contribution < 1.29 is 5.11 Å². The Hall–Kier alpha value is -1.24. The fourth-order valence-electron chi connectivity index (χ4n) is 1.95. The molecule has 0 aliphatic heterocycles. The van der Waals surface area contributed by atoms with Gasteiger partial charge in [0, 0.05) is 5.56 Å². The summed E-state index contributed by atoms with van der Waals surface area (Å²) in [4.78, 5) is 0. The zero-order chi connectivity index (χ0) is 11.4. The Bertz CT molecular complexity index is 364. The van der Waals surface area contributed by atoms with Crippen molar-refractivity contribution in [3.05, 3.63) is 41.0 Å². The summed E-state index contributed by atoms with van der Waals surface area (Å²) in [7, 11) is 0. The van der Waals surface area contributed by atoms with Crippen molar-refractivity contribution in [1.82, 2.24) is 0 Å². The lowest BCUT2D eigenvalue weighted by atomic mass is 9.93. The summed E-state index contributed by atoms with van der Waals surface area (Å²) in [5.41, 5.74) is 4.56. The van der Waals surface area contributed by atoms with Crippen LogP contribution in [0, 0.1) is 13.8 Å². The van der Waals surface area contributed by atoms with Crippen molar-refractivity contribution in [3.63, 3.8) is 0 Å². The number of unbranched alkanes of at least 4 members (excludes halogenated alkanes) is 1. The normalized spacial score (nSPS) is 10.3. The number of aliphatic hydroxyl groups is 1. The topological polar surface area (TPSA) is 20.2 Å². The molecular formula is C14H20O. The molecule has 0 amide bonds. The van der Waals surface area contributed by atoms with Gasteiger partial charge in [-0.1, -0.05) is 32.1 Å². The van der Waals surface area contributed by atoms with Gasteiger partial charge in [0.25, 0.3) is 0 Å². The molecule has 0 aromatic heterocycles. The fraction of sp³-hybridized carbons (Fsp3) is 0.429. The van der Waals surface area contributed by atoms with Crippen LogP contribution in [0.4, 0.5) is 0 Å². The average Bonchev–Trinajstić information content (AvgIpc) is 2.18. The molecule has 0 heterocycles. The predicted octanol–water partition coefficient (Wildman–Crippen LogP) is 4.17. The molecule has 0 atom stereocenters. The third-order valence-corrected chi connectivity index (χ3v) is 2.82. The van der Waals surface area contributed by atoms with Gasteiger partial charge >= 0.3 is 0 Å². The monoisotopic (exact) mass is 204 g/mol. The molecule has 1 aromatic rings. The largest absolute Gasteiger partial charge is 0.508 e. The summed E-state index contributed by atoms with van der Waals surface area (Å²) in [6.07, 6.45) is 3.36. The SMILES string of the molecule is C=C(O)c1c(C)ccc(C)c1CCCC. The van der Waals surface area contributed by atoms with E-state index in [1.54, 1.807) is 0 Å². The number of rotatable bonds is 4. The van der Waals surface area contributed by atoms with Gasteiger partial charge in [0.05, 0.1) is 0 Å². The Morgan fingerprint density at radius 3 is 2.40 bits per heavy atom. The molecule has 0 radical (unpaired) electrons. The highest BCUT2D eigenvalue weighted by atomic mass is 16.3. The minimum atomic E-state index is 0.197. The molecule has 0 bridgehead atoms. The number of aliphatic hydroxyl groups excluding tert-OH is 1. The summed E-state index contributed by atoms with van der Waals surface area (Å²) in [6, 6.07) is 4.16. The molecule has 0 aliphatic rings. The first kappa shape index (κ1) is 11.8. The van der Waals surface area contributed by atoms with Gasteiger partial charge in [-0.2, -0.15) is 0 Å². The molecule has 1 heteroatoms. The third kappa shape index (κ3) is 2.62. The van der Waals surface area contributed by atoms with Gasteiger partial charge in [-0.3, -0.25) is 0 Å². The smallest absolute Gasteiger partial charge is 0.116 e. The molecular weight excluding hydrogens is 184 g/mol. The van der Waals surface area contributed by atoms with Gasteiger partial charge in [0.2, 0.25) is 0 Å². The number of aryl methyl sites for hydroxylation is 2. The van der Waals surface area contributed by atoms with E-state index in [9.17, 15) is 5.11 Å². The van der Waals surface area contributed by atoms with Gasteiger partial charge in [0.1, 0.15) is 5.76 Å². The van der Waals surface area contributed by atoms with E-state index in [0.717, 1.165) is 24.0 Å². The van der Waals surface area contributed by atoms with Crippen LogP contribution in [0.15, 0.2) is 18.7 Å². The molecule has 0 spiro atoms. The lowest BCUT2D eigenvalue weighted by Crippen LogP contribution is -1.99. The van der Waals surface area contributed by atoms with E-state index in [4.69, 9.17) is 0 Å². The molecule has 1 nitrogen and oxygen atoms in total. The minimum Gasteiger partial charge on any atom is -0.508 e. The number of hydrogen-bond acceptors (Lipinski definition) is 1. The molecule has 82 valence electrons. The van der Waals surface area contributed by atoms with Crippen molar-refractivity contribution in [1.29, 1.82) is 0 Å². The first-order chi connectivity index (χ1) is 7.07. The van der Waals surface area contributed by atoms with Crippen molar-refractivity contribution in [3.8, 4) is 0 Å². The third-order valence-electron chi connectivity index (χ3n) is 2.82. The Labute approximate surface area is 92.5 Å². The first-order valence-electron chi connectivity index (χ1n) is 5.55. The van der Waals surface area contributed by atoms with Gasteiger partial charge in [-0.15, -0.1) is 0 Å². The van der Waals surface area contributed by atoms with Crippen molar-refractivity contribution in [2.45, 2.75) is 40.0 Å². The first-order valence-corrected chi connectivity index (χ1v) is 5.55. The van der Waals surface area contributed by atoms with Crippen LogP contribution in [0.5, 0.6) is 0 Å². The standard InChI is InChI=1S/C14H20O/c1-5-6-7-13-10(2)8-9-11(3)14(13)12(4)15/h8-9,15H,4-7H2,1-3H3. The summed E-state index contributed by atoms with van der Waals surface area (Å²) >= 11 is 0. The highest BCUT2D eigenvalue weighted by Crippen LogP contribution is 2.25. The second-order valence-corrected chi connectivity index (χ2v) is 4.10. The molecule has 15 heavy (non-hydrogen) atoms. The van der Waals surface area contributed by atoms with Crippen molar-refractivity contribution in [2.75, 3.05) is 0 Å². The average molecular weight is 204 g/mol. The van der Waals surface area contributed by atoms with Gasteiger partial charge in [-0.25, -0.2) is 0 Å². The van der Waals surface area contributed by atoms with Gasteiger partial charge < -0.3 is 5.11 Å². The second-order valence-electron chi connectivity index (χ2n) is 4.10. The lowest BCUT2D eigenvalue weighted by Gasteiger charge is -2.14. The fourth-order valence-corrected chi connectivity index (χ4v) is 1.95. The second kappa shape index (κ2) is 5.01. The number of benzene rings is 1. The lowest BCUT2D eigenvalue weighted by molar-refractivity contribution is 0.512. The zero-order valence-corrected chi connectivity index (χ0v) is 9.93. The van der Waals surface area contributed by atoms with Crippen molar-refractivity contribution in [2.24, 2.45) is 0 Å². The molecule has 1 rings (SSSR count). The Balaban J connectivity index is 3.19. The summed E-state index contributed by atoms with van der Waals surface area (Å²) < 4.78 is 0. The van der Waals surface area contributed by atoms with Crippen LogP contribution in [-0.2, 0) is 6.42 Å². The molecule has 0 unspecified atom stereocenters. The molecule has 0 aliphatic carbocycles. The van der Waals surface area contributed by atoms with Crippen LogP contribution >= 0.6 is 0 Å². The predicted molar refractivity (Wildman–Crippen MR) is 66.2 cm³/mol. The summed E-state index contributed by atoms with van der Waals surface area (Å²) in [5.74, 6) is 0.197. The van der Waals surface area contributed by atoms with Crippen LogP contribution in [0.3, 0.4) is 0 Å². The van der Waals surface area contributed by atoms with Crippen LogP contribution < -0.4 is 0 Å². The van der Waals surface area contributed by atoms with Crippen molar-refractivity contribution >= 4 is 5.76 Å². The maximum absolute atomic E-state index is 9.61. The highest BCUT2D eigenvalue weighted by Gasteiger charge is 2.10. The Morgan fingerprint density at radius 2 is 1.87 bits per heavy atom. The maximum atomic E-state index is 9.61. The number of hydrogen-bond donors (Lipinski definition) is 1. The highest BCUT2D eigenvalue weighted by molar-refractivity contribution is 5.64. The van der Waals surface area contributed by atoms with E-state index < -0.39 is 0 Å². The van der Waals surface area contributed by atoms with Crippen LogP contribution in [0.25, 0.3) is 5.76 Å². The van der Waals surface area contributed by atoms with Crippen LogP contribution in [-0.4, -0.2) is 5.11 Å². The molecule has 1 N–H and O–H groups in total. The minimum absolute atomic E-state index is 0.197. The van der Waals surface area contributed by atoms with E-state index in [2.05, 4.69) is 26.5 Å². The van der Waals surface area contributed by atoms with Gasteiger partial charge in [-0.05, 0) is 43.4 Å². The zero-order valence-electron chi connectivity index (χ0n) is 9.93. The van der Waals surface area contributed by atoms with E-state index in [1.165, 1.54) is 17.5 Å². The van der Waals surface area contributed by atoms with E-state index in [0.29, 0.717) is 0 Å². The summed E-state index contributed by atoms with van der Waals surface area (Å²) in [5, 5.41) is 9.61. The quantitative estimate of drug-likeness (QED) is 0.730. The Kier molecular flexibility index (Phi) is 3.96. The summed E-state index contributed by atoms with van der Waals surface area (Å²) in [6.45, 7) is 9.94. The Morgan fingerprint density at radius 1 is 1.27 bits per heavy atom. The van der Waals surface area contributed by atoms with Gasteiger partial charge in [0.15, 0.2) is 0 Å². The molecule has 0 saturated heterocycles.